The number of nitrogens with one attached hydrogen (secondary N) is 1. The molecule has 2 heterocycles. The minimum atomic E-state index is -0.175. The molecule has 0 spiro atoms. The van der Waals surface area contributed by atoms with Gasteiger partial charge in [-0.3, -0.25) is 9.20 Å². The predicted molar refractivity (Wildman–Crippen MR) is 83.7 cm³/mol. The third-order valence-corrected chi connectivity index (χ3v) is 3.84. The molecule has 1 amide bonds. The van der Waals surface area contributed by atoms with E-state index in [-0.39, 0.29) is 12.3 Å². The maximum Gasteiger partial charge on any atom is 0.246 e. The molecule has 1 N–H and O–H groups in total. The molecule has 21 heavy (non-hydrogen) atoms. The summed E-state index contributed by atoms with van der Waals surface area (Å²) < 4.78 is 1.91. The first-order chi connectivity index (χ1) is 10.2. The number of thiazole rings is 1. The topological polar surface area (TPSA) is 58.8 Å². The molecular weight excluding hydrogens is 284 g/mol. The molecule has 3 rings (SSSR count). The van der Waals surface area contributed by atoms with Gasteiger partial charge in [0, 0.05) is 17.8 Å². The first kappa shape index (κ1) is 13.5. The summed E-state index contributed by atoms with van der Waals surface area (Å²) >= 11 is 1.54. The maximum absolute atomic E-state index is 11.8. The fraction of sp³-hybridized carbons (Fsp3) is 0.133. The van der Waals surface area contributed by atoms with Crippen molar-refractivity contribution in [1.29, 1.82) is 0 Å². The summed E-state index contributed by atoms with van der Waals surface area (Å²) in [6.45, 7) is 2.00. The molecule has 6 heteroatoms. The minimum absolute atomic E-state index is 0.175. The summed E-state index contributed by atoms with van der Waals surface area (Å²) in [6, 6.07) is 7.86. The number of nitrogens with zero attached hydrogens (tertiary/aromatic N) is 3. The lowest BCUT2D eigenvalue weighted by molar-refractivity contribution is -0.120. The van der Waals surface area contributed by atoms with E-state index in [9.17, 15) is 4.79 Å². The summed E-state index contributed by atoms with van der Waals surface area (Å²) in [5, 5.41) is 5.94. The molecule has 0 saturated heterocycles. The molecule has 0 radical (unpaired) electrons. The van der Waals surface area contributed by atoms with E-state index < -0.39 is 0 Å². The summed E-state index contributed by atoms with van der Waals surface area (Å²) in [7, 11) is 0. The predicted octanol–water partition coefficient (Wildman–Crippen LogP) is 2.40. The molecule has 0 unspecified atom stereocenters. The van der Waals surface area contributed by atoms with E-state index in [1.807, 2.05) is 53.4 Å². The zero-order valence-corrected chi connectivity index (χ0v) is 12.3. The number of amides is 1. The quantitative estimate of drug-likeness (QED) is 0.594. The number of imidazole rings is 1. The van der Waals surface area contributed by atoms with Gasteiger partial charge >= 0.3 is 0 Å². The molecule has 2 aromatic heterocycles. The van der Waals surface area contributed by atoms with Gasteiger partial charge in [-0.15, -0.1) is 11.3 Å². The normalized spacial score (nSPS) is 11.3. The van der Waals surface area contributed by atoms with Gasteiger partial charge in [0.25, 0.3) is 0 Å². The number of hydrazone groups is 1. The van der Waals surface area contributed by atoms with Crippen LogP contribution in [0, 0.1) is 6.92 Å². The monoisotopic (exact) mass is 298 g/mol. The van der Waals surface area contributed by atoms with E-state index in [4.69, 9.17) is 0 Å². The fourth-order valence-corrected chi connectivity index (χ4v) is 2.69. The number of rotatable bonds is 4. The Morgan fingerprint density at radius 3 is 3.14 bits per heavy atom. The maximum atomic E-state index is 11.8. The summed E-state index contributed by atoms with van der Waals surface area (Å²) in [5.74, 6) is -0.175. The van der Waals surface area contributed by atoms with Crippen LogP contribution in [0.1, 0.15) is 16.8 Å². The van der Waals surface area contributed by atoms with Crippen LogP contribution >= 0.6 is 11.3 Å². The highest BCUT2D eigenvalue weighted by molar-refractivity contribution is 7.15. The summed E-state index contributed by atoms with van der Waals surface area (Å²) in [4.78, 5) is 17.1. The molecule has 0 bridgehead atoms. The molecule has 1 aromatic carbocycles. The second-order valence-corrected chi connectivity index (χ2v) is 5.52. The van der Waals surface area contributed by atoms with Crippen molar-refractivity contribution in [3.05, 3.63) is 58.9 Å². The third-order valence-electron chi connectivity index (χ3n) is 3.07. The van der Waals surface area contributed by atoms with Crippen LogP contribution in [-0.4, -0.2) is 21.5 Å². The van der Waals surface area contributed by atoms with Crippen LogP contribution in [0.2, 0.25) is 0 Å². The number of benzene rings is 1. The van der Waals surface area contributed by atoms with Crippen molar-refractivity contribution in [3.63, 3.8) is 0 Å². The van der Waals surface area contributed by atoms with Gasteiger partial charge in [0.1, 0.15) is 0 Å². The van der Waals surface area contributed by atoms with Gasteiger partial charge in [-0.05, 0) is 18.1 Å². The smallest absolute Gasteiger partial charge is 0.246 e. The molecule has 0 aliphatic carbocycles. The Kier molecular flexibility index (Phi) is 3.79. The zero-order valence-electron chi connectivity index (χ0n) is 11.5. The molecule has 0 fully saturated rings. The second kappa shape index (κ2) is 5.88. The lowest BCUT2D eigenvalue weighted by Crippen LogP contribution is -2.20. The minimum Gasteiger partial charge on any atom is -0.297 e. The van der Waals surface area contributed by atoms with E-state index in [1.165, 1.54) is 0 Å². The number of fused-ring (bicyclic) bond motifs is 1. The summed E-state index contributed by atoms with van der Waals surface area (Å²) in [5.41, 5.74) is 5.37. The second-order valence-electron chi connectivity index (χ2n) is 4.65. The van der Waals surface area contributed by atoms with E-state index in [1.54, 1.807) is 17.6 Å². The molecule has 106 valence electrons. The van der Waals surface area contributed by atoms with Crippen LogP contribution in [0.5, 0.6) is 0 Å². The Hall–Kier alpha value is -2.47. The van der Waals surface area contributed by atoms with Crippen LogP contribution in [0.25, 0.3) is 4.96 Å². The third kappa shape index (κ3) is 3.17. The van der Waals surface area contributed by atoms with Crippen molar-refractivity contribution in [3.8, 4) is 0 Å². The Morgan fingerprint density at radius 2 is 2.33 bits per heavy atom. The van der Waals surface area contributed by atoms with Crippen LogP contribution in [-0.2, 0) is 11.2 Å². The highest BCUT2D eigenvalue weighted by atomic mass is 32.1. The first-order valence-corrected chi connectivity index (χ1v) is 7.39. The molecule has 0 atom stereocenters. The Labute approximate surface area is 126 Å². The zero-order chi connectivity index (χ0) is 14.7. The van der Waals surface area contributed by atoms with Gasteiger partial charge < -0.3 is 0 Å². The first-order valence-electron chi connectivity index (χ1n) is 6.51. The number of hydrogen-bond acceptors (Lipinski definition) is 4. The van der Waals surface area contributed by atoms with Gasteiger partial charge in [0.2, 0.25) is 5.91 Å². The van der Waals surface area contributed by atoms with Crippen molar-refractivity contribution < 1.29 is 4.79 Å². The number of aryl methyl sites for hydroxylation is 1. The summed E-state index contributed by atoms with van der Waals surface area (Å²) in [6.07, 6.45) is 5.65. The average molecular weight is 298 g/mol. The van der Waals surface area contributed by atoms with Gasteiger partial charge in [-0.25, -0.2) is 10.4 Å². The molecule has 3 aromatic rings. The lowest BCUT2D eigenvalue weighted by atomic mass is 10.1. The van der Waals surface area contributed by atoms with Crippen molar-refractivity contribution in [1.82, 2.24) is 14.8 Å². The largest absolute Gasteiger partial charge is 0.297 e. The van der Waals surface area contributed by atoms with Crippen molar-refractivity contribution in [2.75, 3.05) is 0 Å². The fourth-order valence-electron chi connectivity index (χ4n) is 1.97. The molecule has 0 aliphatic rings. The number of carbonyl (C=O) groups excluding carboxylic acids is 1. The van der Waals surface area contributed by atoms with Crippen LogP contribution in [0.3, 0.4) is 0 Å². The van der Waals surface area contributed by atoms with Gasteiger partial charge in [-0.1, -0.05) is 24.3 Å². The number of carbonyl (C=O) groups is 1. The standard InChI is InChI=1S/C15H14N4OS/c1-11-4-2-3-5-12(11)9-16-18-14(20)8-13-10-19-6-7-21-15(19)17-13/h2-7,9-10H,8H2,1H3,(H,18,20)/b16-9+. The van der Waals surface area contributed by atoms with Crippen LogP contribution in [0.15, 0.2) is 47.1 Å². The Morgan fingerprint density at radius 1 is 1.48 bits per heavy atom. The van der Waals surface area contributed by atoms with Crippen molar-refractivity contribution >= 4 is 28.4 Å². The van der Waals surface area contributed by atoms with Gasteiger partial charge in [0.15, 0.2) is 4.96 Å². The average Bonchev–Trinajstić information content (AvgIpc) is 3.02. The van der Waals surface area contributed by atoms with E-state index in [2.05, 4.69) is 15.5 Å². The van der Waals surface area contributed by atoms with E-state index in [0.29, 0.717) is 0 Å². The SMILES string of the molecule is Cc1ccccc1/C=N/NC(=O)Cc1cn2ccsc2n1. The highest BCUT2D eigenvalue weighted by Gasteiger charge is 2.07. The molecular formula is C15H14N4OS. The van der Waals surface area contributed by atoms with Crippen molar-refractivity contribution in [2.24, 2.45) is 5.10 Å². The van der Waals surface area contributed by atoms with Crippen LogP contribution < -0.4 is 5.43 Å². The number of aromatic nitrogens is 2. The van der Waals surface area contributed by atoms with Gasteiger partial charge in [0.05, 0.1) is 18.3 Å². The van der Waals surface area contributed by atoms with Crippen molar-refractivity contribution in [2.45, 2.75) is 13.3 Å². The molecule has 5 nitrogen and oxygen atoms in total. The van der Waals surface area contributed by atoms with E-state index in [0.717, 1.165) is 21.8 Å². The van der Waals surface area contributed by atoms with E-state index >= 15 is 0 Å². The van der Waals surface area contributed by atoms with Gasteiger partial charge in [-0.2, -0.15) is 5.10 Å². The molecule has 0 saturated carbocycles. The van der Waals surface area contributed by atoms with Crippen LogP contribution in [0.4, 0.5) is 0 Å². The highest BCUT2D eigenvalue weighted by Crippen LogP contribution is 2.11. The lowest BCUT2D eigenvalue weighted by Gasteiger charge is -1.99. The molecule has 0 aliphatic heterocycles. The number of hydrogen-bond donors (Lipinski definition) is 1. The Bertz CT molecular complexity index is 774. The Balaban J connectivity index is 1.59.